The number of rotatable bonds is 5. The molecule has 1 aromatic rings. The van der Waals surface area contributed by atoms with Crippen molar-refractivity contribution in [3.8, 4) is 0 Å². The molecule has 90 valence electrons. The lowest BCUT2D eigenvalue weighted by Crippen LogP contribution is -2.34. The Morgan fingerprint density at radius 1 is 1.19 bits per heavy atom. The molecule has 0 fully saturated rings. The van der Waals surface area contributed by atoms with Gasteiger partial charge in [0.1, 0.15) is 0 Å². The Labute approximate surface area is 98.3 Å². The van der Waals surface area contributed by atoms with Gasteiger partial charge in [0.05, 0.1) is 12.2 Å². The Morgan fingerprint density at radius 2 is 1.75 bits per heavy atom. The van der Waals surface area contributed by atoms with E-state index in [0.29, 0.717) is 12.3 Å². The minimum Gasteiger partial charge on any atom is -0.390 e. The lowest BCUT2D eigenvalue weighted by atomic mass is 9.96. The Hall–Kier alpha value is -0.860. The maximum atomic E-state index is 10.1. The molecule has 0 aliphatic heterocycles. The summed E-state index contributed by atoms with van der Waals surface area (Å²) in [6.45, 7) is 6.19. The summed E-state index contributed by atoms with van der Waals surface area (Å²) in [6, 6.07) is 8.26. The first-order chi connectivity index (χ1) is 7.54. The van der Waals surface area contributed by atoms with Gasteiger partial charge in [-0.25, -0.2) is 0 Å². The van der Waals surface area contributed by atoms with E-state index in [0.717, 1.165) is 5.56 Å². The Kier molecular flexibility index (Phi) is 4.97. The third kappa shape index (κ3) is 3.62. The molecule has 2 unspecified atom stereocenters. The second-order valence-electron chi connectivity index (χ2n) is 4.70. The van der Waals surface area contributed by atoms with Gasteiger partial charge < -0.3 is 9.84 Å². The molecule has 0 saturated heterocycles. The number of hydrogen-bond donors (Lipinski definition) is 1. The van der Waals surface area contributed by atoms with Crippen molar-refractivity contribution in [3.05, 3.63) is 35.4 Å². The smallest absolute Gasteiger partial charge is 0.0856 e. The van der Waals surface area contributed by atoms with Crippen molar-refractivity contribution < 1.29 is 9.84 Å². The second-order valence-corrected chi connectivity index (χ2v) is 4.70. The van der Waals surface area contributed by atoms with Crippen LogP contribution >= 0.6 is 0 Å². The highest BCUT2D eigenvalue weighted by molar-refractivity contribution is 5.22. The van der Waals surface area contributed by atoms with Crippen molar-refractivity contribution in [2.45, 2.75) is 39.4 Å². The van der Waals surface area contributed by atoms with E-state index in [4.69, 9.17) is 4.74 Å². The molecule has 0 saturated carbocycles. The summed E-state index contributed by atoms with van der Waals surface area (Å²) >= 11 is 0. The molecule has 2 nitrogen and oxygen atoms in total. The number of aliphatic hydroxyl groups excluding tert-OH is 1. The minimum absolute atomic E-state index is 0.0960. The summed E-state index contributed by atoms with van der Waals surface area (Å²) in [5.74, 6) is 0.324. The second kappa shape index (κ2) is 6.02. The third-order valence-corrected chi connectivity index (χ3v) is 2.87. The fraction of sp³-hybridized carbons (Fsp3) is 0.571. The normalized spacial score (nSPS) is 15.1. The van der Waals surface area contributed by atoms with E-state index >= 15 is 0 Å². The fourth-order valence-corrected chi connectivity index (χ4v) is 1.96. The van der Waals surface area contributed by atoms with Crippen LogP contribution in [-0.4, -0.2) is 24.4 Å². The van der Waals surface area contributed by atoms with Gasteiger partial charge in [-0.3, -0.25) is 0 Å². The molecule has 2 heteroatoms. The maximum Gasteiger partial charge on any atom is 0.0856 e. The van der Waals surface area contributed by atoms with Crippen LogP contribution in [0, 0.1) is 12.8 Å². The van der Waals surface area contributed by atoms with E-state index < -0.39 is 6.10 Å². The summed E-state index contributed by atoms with van der Waals surface area (Å²) in [5.41, 5.74) is 2.39. The monoisotopic (exact) mass is 222 g/mol. The molecular weight excluding hydrogens is 200 g/mol. The molecule has 2 atom stereocenters. The predicted octanol–water partition coefficient (Wildman–Crippen LogP) is 2.57. The lowest BCUT2D eigenvalue weighted by Gasteiger charge is -2.25. The average molecular weight is 222 g/mol. The van der Waals surface area contributed by atoms with Gasteiger partial charge in [-0.2, -0.15) is 0 Å². The van der Waals surface area contributed by atoms with E-state index in [-0.39, 0.29) is 6.10 Å². The number of hydrogen-bond acceptors (Lipinski definition) is 2. The lowest BCUT2D eigenvalue weighted by molar-refractivity contribution is -0.0367. The number of aryl methyl sites for hydroxylation is 1. The number of methoxy groups -OCH3 is 1. The number of benzene rings is 1. The molecule has 16 heavy (non-hydrogen) atoms. The fourth-order valence-electron chi connectivity index (χ4n) is 1.96. The van der Waals surface area contributed by atoms with E-state index in [1.165, 1.54) is 5.56 Å². The van der Waals surface area contributed by atoms with Crippen molar-refractivity contribution in [2.75, 3.05) is 7.11 Å². The molecular formula is C14H22O2. The van der Waals surface area contributed by atoms with Gasteiger partial charge in [-0.15, -0.1) is 0 Å². The van der Waals surface area contributed by atoms with Crippen LogP contribution in [-0.2, 0) is 11.2 Å². The highest BCUT2D eigenvalue weighted by Crippen LogP contribution is 2.15. The highest BCUT2D eigenvalue weighted by Gasteiger charge is 2.22. The molecule has 1 aromatic carbocycles. The molecule has 1 N–H and O–H groups in total. The van der Waals surface area contributed by atoms with Crippen molar-refractivity contribution in [2.24, 2.45) is 5.92 Å². The van der Waals surface area contributed by atoms with Crippen molar-refractivity contribution in [1.82, 2.24) is 0 Å². The zero-order valence-electron chi connectivity index (χ0n) is 10.6. The van der Waals surface area contributed by atoms with Crippen LogP contribution in [0.5, 0.6) is 0 Å². The molecule has 1 rings (SSSR count). The first-order valence-corrected chi connectivity index (χ1v) is 5.81. The van der Waals surface area contributed by atoms with Gasteiger partial charge in [-0.1, -0.05) is 43.7 Å². The molecule has 0 amide bonds. The van der Waals surface area contributed by atoms with E-state index in [2.05, 4.69) is 45.0 Å². The number of aliphatic hydroxyl groups is 1. The van der Waals surface area contributed by atoms with Crippen LogP contribution in [0.4, 0.5) is 0 Å². The topological polar surface area (TPSA) is 29.5 Å². The molecule has 0 aliphatic rings. The zero-order chi connectivity index (χ0) is 12.1. The van der Waals surface area contributed by atoms with Gasteiger partial charge in [0.15, 0.2) is 0 Å². The van der Waals surface area contributed by atoms with E-state index in [1.807, 2.05) is 0 Å². The summed E-state index contributed by atoms with van der Waals surface area (Å²) in [6.07, 6.45) is 0.116. The molecule has 0 bridgehead atoms. The van der Waals surface area contributed by atoms with Crippen molar-refractivity contribution in [3.63, 3.8) is 0 Å². The molecule has 0 aliphatic carbocycles. The van der Waals surface area contributed by atoms with Gasteiger partial charge in [0, 0.05) is 13.5 Å². The largest absolute Gasteiger partial charge is 0.390 e. The van der Waals surface area contributed by atoms with Crippen LogP contribution in [0.3, 0.4) is 0 Å². The van der Waals surface area contributed by atoms with Gasteiger partial charge in [-0.05, 0) is 18.4 Å². The van der Waals surface area contributed by atoms with Crippen LogP contribution in [0.25, 0.3) is 0 Å². The standard InChI is InChI=1S/C14H22O2/c1-10(2)14(16-4)13(15)9-12-7-5-11(3)6-8-12/h5-8,10,13-15H,9H2,1-4H3. The van der Waals surface area contributed by atoms with Crippen LogP contribution < -0.4 is 0 Å². The third-order valence-electron chi connectivity index (χ3n) is 2.87. The molecule has 0 spiro atoms. The SMILES string of the molecule is COC(C(C)C)C(O)Cc1ccc(C)cc1. The van der Waals surface area contributed by atoms with Crippen molar-refractivity contribution in [1.29, 1.82) is 0 Å². The van der Waals surface area contributed by atoms with Gasteiger partial charge in [0.25, 0.3) is 0 Å². The molecule has 0 heterocycles. The zero-order valence-corrected chi connectivity index (χ0v) is 10.6. The van der Waals surface area contributed by atoms with E-state index in [9.17, 15) is 5.11 Å². The van der Waals surface area contributed by atoms with Crippen LogP contribution in [0.15, 0.2) is 24.3 Å². The number of ether oxygens (including phenoxy) is 1. The van der Waals surface area contributed by atoms with Crippen LogP contribution in [0.1, 0.15) is 25.0 Å². The highest BCUT2D eigenvalue weighted by atomic mass is 16.5. The first-order valence-electron chi connectivity index (χ1n) is 5.81. The summed E-state index contributed by atoms with van der Waals surface area (Å²) in [7, 11) is 1.66. The van der Waals surface area contributed by atoms with Crippen LogP contribution in [0.2, 0.25) is 0 Å². The van der Waals surface area contributed by atoms with Gasteiger partial charge >= 0.3 is 0 Å². The summed E-state index contributed by atoms with van der Waals surface area (Å²) in [5, 5.41) is 10.1. The van der Waals surface area contributed by atoms with E-state index in [1.54, 1.807) is 7.11 Å². The minimum atomic E-state index is -0.437. The summed E-state index contributed by atoms with van der Waals surface area (Å²) < 4.78 is 5.32. The Bertz CT molecular complexity index is 303. The Morgan fingerprint density at radius 3 is 2.19 bits per heavy atom. The first kappa shape index (κ1) is 13.2. The van der Waals surface area contributed by atoms with Gasteiger partial charge in [0.2, 0.25) is 0 Å². The predicted molar refractivity (Wildman–Crippen MR) is 66.5 cm³/mol. The maximum absolute atomic E-state index is 10.1. The van der Waals surface area contributed by atoms with Crippen molar-refractivity contribution >= 4 is 0 Å². The molecule has 0 radical (unpaired) electrons. The summed E-state index contributed by atoms with van der Waals surface area (Å²) in [4.78, 5) is 0. The average Bonchev–Trinajstić information content (AvgIpc) is 2.22. The Balaban J connectivity index is 2.62. The quantitative estimate of drug-likeness (QED) is 0.829. The molecule has 0 aromatic heterocycles.